The average molecular weight is 946 g/mol. The maximum Gasteiger partial charge on any atom is 0.220 e. The summed E-state index contributed by atoms with van der Waals surface area (Å²) >= 11 is 0. The third-order valence-electron chi connectivity index (χ3n) is 13.4. The van der Waals surface area contributed by atoms with Crippen molar-refractivity contribution in [3.05, 3.63) is 48.6 Å². The fourth-order valence-corrected chi connectivity index (χ4v) is 8.98. The number of hydrogen-bond acceptors (Lipinski definition) is 8. The van der Waals surface area contributed by atoms with Gasteiger partial charge in [-0.05, 0) is 51.4 Å². The summed E-state index contributed by atoms with van der Waals surface area (Å²) in [6, 6.07) is -0.721. The highest BCUT2D eigenvalue weighted by atomic mass is 16.7. The zero-order valence-electron chi connectivity index (χ0n) is 43.4. The molecule has 0 radical (unpaired) electrons. The van der Waals surface area contributed by atoms with Crippen LogP contribution in [0.5, 0.6) is 0 Å². The van der Waals surface area contributed by atoms with E-state index in [2.05, 4.69) is 67.8 Å². The van der Waals surface area contributed by atoms with Crippen LogP contribution in [0.15, 0.2) is 48.6 Å². The SMILES string of the molecule is CC/C=C\C/C=C\C/C=C\C/C=C\CCCCCCCCCCCCCCC(=O)NC(COC1OC(CO)C(O)C(O)C1O)C(O)CCCCCCCCCCCCCCCCCCCCC. The van der Waals surface area contributed by atoms with Gasteiger partial charge in [-0.3, -0.25) is 4.79 Å². The topological polar surface area (TPSA) is 149 Å². The van der Waals surface area contributed by atoms with Crippen LogP contribution >= 0.6 is 0 Å². The highest BCUT2D eigenvalue weighted by Crippen LogP contribution is 2.23. The Labute approximate surface area is 412 Å². The van der Waals surface area contributed by atoms with Gasteiger partial charge in [0.2, 0.25) is 5.91 Å². The molecule has 0 aromatic carbocycles. The molecule has 1 heterocycles. The summed E-state index contributed by atoms with van der Waals surface area (Å²) in [6.07, 6.45) is 55.6. The number of carbonyl (C=O) groups excluding carboxylic acids is 1. The molecule has 0 bridgehead atoms. The molecule has 1 aliphatic heterocycles. The number of aliphatic hydroxyl groups is 5. The summed E-state index contributed by atoms with van der Waals surface area (Å²) in [5, 5.41) is 54.7. The lowest BCUT2D eigenvalue weighted by Crippen LogP contribution is -2.60. The second-order valence-electron chi connectivity index (χ2n) is 19.7. The molecule has 9 nitrogen and oxygen atoms in total. The number of carbonyl (C=O) groups is 1. The molecule has 1 fully saturated rings. The Bertz CT molecular complexity index is 1190. The van der Waals surface area contributed by atoms with Crippen molar-refractivity contribution in [2.45, 2.75) is 301 Å². The number of aliphatic hydroxyl groups excluding tert-OH is 5. The molecule has 1 aliphatic rings. The number of amides is 1. The lowest BCUT2D eigenvalue weighted by atomic mass is 9.99. The summed E-state index contributed by atoms with van der Waals surface area (Å²) in [4.78, 5) is 13.1. The van der Waals surface area contributed by atoms with Gasteiger partial charge < -0.3 is 40.3 Å². The Hall–Kier alpha value is -1.85. The minimum absolute atomic E-state index is 0.138. The normalized spacial score (nSPS) is 20.0. The highest BCUT2D eigenvalue weighted by Gasteiger charge is 2.44. The molecule has 7 atom stereocenters. The fraction of sp³-hybridized carbons (Fsp3) is 0.845. The van der Waals surface area contributed by atoms with Gasteiger partial charge in [-0.25, -0.2) is 0 Å². The second kappa shape index (κ2) is 47.8. The molecule has 9 heteroatoms. The van der Waals surface area contributed by atoms with Gasteiger partial charge in [0.05, 0.1) is 25.4 Å². The van der Waals surface area contributed by atoms with Crippen molar-refractivity contribution >= 4 is 5.91 Å². The Balaban J connectivity index is 2.21. The second-order valence-corrected chi connectivity index (χ2v) is 19.7. The number of unbranched alkanes of at least 4 members (excludes halogenated alkanes) is 30. The molecule has 1 saturated heterocycles. The van der Waals surface area contributed by atoms with Crippen molar-refractivity contribution in [1.29, 1.82) is 0 Å². The van der Waals surface area contributed by atoms with Crippen LogP contribution in [0.1, 0.15) is 258 Å². The molecule has 7 unspecified atom stereocenters. The molecule has 1 amide bonds. The fourth-order valence-electron chi connectivity index (χ4n) is 8.98. The maximum absolute atomic E-state index is 13.1. The van der Waals surface area contributed by atoms with Crippen LogP contribution in [0.3, 0.4) is 0 Å². The third-order valence-corrected chi connectivity index (χ3v) is 13.4. The zero-order chi connectivity index (χ0) is 48.7. The van der Waals surface area contributed by atoms with Crippen molar-refractivity contribution in [2.24, 2.45) is 0 Å². The van der Waals surface area contributed by atoms with Crippen molar-refractivity contribution in [1.82, 2.24) is 5.32 Å². The van der Waals surface area contributed by atoms with E-state index in [1.165, 1.54) is 167 Å². The first-order valence-electron chi connectivity index (χ1n) is 28.3. The van der Waals surface area contributed by atoms with Gasteiger partial charge in [-0.2, -0.15) is 0 Å². The summed E-state index contributed by atoms with van der Waals surface area (Å²) in [6.45, 7) is 3.75. The summed E-state index contributed by atoms with van der Waals surface area (Å²) in [5.74, 6) is -0.145. The van der Waals surface area contributed by atoms with E-state index in [0.29, 0.717) is 12.8 Å². The van der Waals surface area contributed by atoms with Gasteiger partial charge in [0.15, 0.2) is 6.29 Å². The molecule has 0 aromatic rings. The van der Waals surface area contributed by atoms with Crippen LogP contribution < -0.4 is 5.32 Å². The molecule has 1 rings (SSSR count). The van der Waals surface area contributed by atoms with E-state index in [1.807, 2.05) is 0 Å². The van der Waals surface area contributed by atoms with Crippen molar-refractivity contribution in [3.63, 3.8) is 0 Å². The maximum atomic E-state index is 13.1. The predicted octanol–water partition coefficient (Wildman–Crippen LogP) is 13.7. The van der Waals surface area contributed by atoms with Crippen LogP contribution in [-0.2, 0) is 14.3 Å². The first-order chi connectivity index (χ1) is 32.8. The highest BCUT2D eigenvalue weighted by molar-refractivity contribution is 5.76. The Morgan fingerprint density at radius 2 is 0.925 bits per heavy atom. The van der Waals surface area contributed by atoms with Crippen LogP contribution in [0.25, 0.3) is 0 Å². The molecule has 0 aromatic heterocycles. The first-order valence-corrected chi connectivity index (χ1v) is 28.3. The smallest absolute Gasteiger partial charge is 0.220 e. The van der Waals surface area contributed by atoms with Crippen molar-refractivity contribution in [3.8, 4) is 0 Å². The first kappa shape index (κ1) is 63.2. The molecular weight excluding hydrogens is 839 g/mol. The zero-order valence-corrected chi connectivity index (χ0v) is 43.4. The van der Waals surface area contributed by atoms with Gasteiger partial charge in [0.1, 0.15) is 24.4 Å². The van der Waals surface area contributed by atoms with Crippen LogP contribution in [0.2, 0.25) is 0 Å². The van der Waals surface area contributed by atoms with Crippen molar-refractivity contribution in [2.75, 3.05) is 13.2 Å². The largest absolute Gasteiger partial charge is 0.394 e. The standard InChI is InChI=1S/C58H107NO8/c1-3-5-7-9-11-13-15-17-19-21-23-24-25-26-27-28-30-32-34-36-38-40-42-44-46-48-54(62)59-51(50-66-58-57(65)56(64)55(63)53(49-60)67-58)52(61)47-45-43-41-39-37-35-33-31-29-22-20-18-16-14-12-10-8-6-4-2/h5,7,11,13,17,19,23-24,51-53,55-58,60-61,63-65H,3-4,6,8-10,12,14-16,18,20-22,25-50H2,1-2H3,(H,59,62)/b7-5-,13-11-,19-17-,24-23-. The molecule has 0 aliphatic carbocycles. The van der Waals surface area contributed by atoms with E-state index in [9.17, 15) is 30.3 Å². The Kier molecular flexibility index (Phi) is 45.1. The summed E-state index contributed by atoms with van der Waals surface area (Å²) < 4.78 is 11.3. The van der Waals surface area contributed by atoms with E-state index in [0.717, 1.165) is 64.2 Å². The molecule has 0 saturated carbocycles. The predicted molar refractivity (Wildman–Crippen MR) is 281 cm³/mol. The third kappa shape index (κ3) is 37.6. The van der Waals surface area contributed by atoms with E-state index in [1.54, 1.807) is 0 Å². The molecule has 392 valence electrons. The quantitative estimate of drug-likeness (QED) is 0.0261. The van der Waals surface area contributed by atoms with Gasteiger partial charge in [0, 0.05) is 6.42 Å². The van der Waals surface area contributed by atoms with Gasteiger partial charge >= 0.3 is 0 Å². The van der Waals surface area contributed by atoms with Crippen LogP contribution in [-0.4, -0.2) is 87.5 Å². The number of rotatable bonds is 48. The number of ether oxygens (including phenoxy) is 2. The van der Waals surface area contributed by atoms with Crippen LogP contribution in [0, 0.1) is 0 Å². The summed E-state index contributed by atoms with van der Waals surface area (Å²) in [5.41, 5.74) is 0. The minimum atomic E-state index is -1.55. The Morgan fingerprint density at radius 3 is 1.37 bits per heavy atom. The minimum Gasteiger partial charge on any atom is -0.394 e. The molecule has 6 N–H and O–H groups in total. The van der Waals surface area contributed by atoms with Gasteiger partial charge in [-0.1, -0.05) is 249 Å². The molecule has 0 spiro atoms. The number of nitrogens with one attached hydrogen (secondary N) is 1. The van der Waals surface area contributed by atoms with Crippen molar-refractivity contribution < 1.29 is 39.8 Å². The number of allylic oxidation sites excluding steroid dienone is 8. The molecule has 67 heavy (non-hydrogen) atoms. The molecular formula is C58H107NO8. The van der Waals surface area contributed by atoms with Gasteiger partial charge in [-0.15, -0.1) is 0 Å². The van der Waals surface area contributed by atoms with E-state index in [-0.39, 0.29) is 12.5 Å². The monoisotopic (exact) mass is 946 g/mol. The van der Waals surface area contributed by atoms with E-state index >= 15 is 0 Å². The van der Waals surface area contributed by atoms with E-state index in [4.69, 9.17) is 9.47 Å². The lowest BCUT2D eigenvalue weighted by molar-refractivity contribution is -0.302. The Morgan fingerprint density at radius 1 is 0.522 bits per heavy atom. The van der Waals surface area contributed by atoms with E-state index < -0.39 is 49.5 Å². The average Bonchev–Trinajstić information content (AvgIpc) is 3.33. The van der Waals surface area contributed by atoms with Gasteiger partial charge in [0.25, 0.3) is 0 Å². The number of hydrogen-bond donors (Lipinski definition) is 6. The van der Waals surface area contributed by atoms with Crippen LogP contribution in [0.4, 0.5) is 0 Å². The lowest BCUT2D eigenvalue weighted by Gasteiger charge is -2.40. The summed E-state index contributed by atoms with van der Waals surface area (Å²) in [7, 11) is 0.